The van der Waals surface area contributed by atoms with E-state index < -0.39 is 5.82 Å². The van der Waals surface area contributed by atoms with Crippen LogP contribution in [0, 0.1) is 5.82 Å². The van der Waals surface area contributed by atoms with Gasteiger partial charge in [0, 0.05) is 24.7 Å². The quantitative estimate of drug-likeness (QED) is 0.708. The smallest absolute Gasteiger partial charge is 0.225 e. The van der Waals surface area contributed by atoms with Crippen LogP contribution in [0.5, 0.6) is 0 Å². The Bertz CT molecular complexity index is 481. The molecule has 4 N–H and O–H groups in total. The summed E-state index contributed by atoms with van der Waals surface area (Å²) < 4.78 is 13.5. The fourth-order valence-electron chi connectivity index (χ4n) is 2.49. The van der Waals surface area contributed by atoms with Crippen LogP contribution in [0.25, 0.3) is 0 Å². The van der Waals surface area contributed by atoms with Gasteiger partial charge in [0.15, 0.2) is 0 Å². The molecule has 110 valence electrons. The van der Waals surface area contributed by atoms with Gasteiger partial charge in [-0.2, -0.15) is 0 Å². The molecular formula is C14H20FN3O2. The third-order valence-electron chi connectivity index (χ3n) is 3.60. The minimum atomic E-state index is -0.498. The van der Waals surface area contributed by atoms with Crippen LogP contribution in [0.3, 0.4) is 0 Å². The highest BCUT2D eigenvalue weighted by atomic mass is 19.1. The number of aliphatic hydroxyl groups is 1. The SMILES string of the molecule is Nc1ccc(F)c(NC(=O)CCN2CCCC2CO)c1. The minimum Gasteiger partial charge on any atom is -0.399 e. The van der Waals surface area contributed by atoms with Gasteiger partial charge in [0.1, 0.15) is 5.82 Å². The molecule has 1 aromatic rings. The van der Waals surface area contributed by atoms with Gasteiger partial charge in [-0.3, -0.25) is 9.69 Å². The molecule has 0 radical (unpaired) electrons. The highest BCUT2D eigenvalue weighted by Crippen LogP contribution is 2.19. The summed E-state index contributed by atoms with van der Waals surface area (Å²) in [5, 5.41) is 11.7. The van der Waals surface area contributed by atoms with E-state index in [-0.39, 0.29) is 30.7 Å². The first-order valence-corrected chi connectivity index (χ1v) is 6.80. The predicted octanol–water partition coefficient (Wildman–Crippen LogP) is 1.19. The van der Waals surface area contributed by atoms with Crippen molar-refractivity contribution in [2.45, 2.75) is 25.3 Å². The average Bonchev–Trinajstić information content (AvgIpc) is 2.88. The summed E-state index contributed by atoms with van der Waals surface area (Å²) in [5.74, 6) is -0.750. The Kier molecular flexibility index (Phi) is 4.92. The molecule has 1 aliphatic rings. The molecule has 0 saturated carbocycles. The van der Waals surface area contributed by atoms with Crippen molar-refractivity contribution in [1.29, 1.82) is 0 Å². The van der Waals surface area contributed by atoms with Crippen LogP contribution < -0.4 is 11.1 Å². The number of carbonyl (C=O) groups excluding carboxylic acids is 1. The number of hydrogen-bond donors (Lipinski definition) is 3. The van der Waals surface area contributed by atoms with E-state index in [0.717, 1.165) is 19.4 Å². The van der Waals surface area contributed by atoms with Crippen LogP contribution in [-0.4, -0.2) is 41.7 Å². The van der Waals surface area contributed by atoms with E-state index in [0.29, 0.717) is 12.2 Å². The second-order valence-corrected chi connectivity index (χ2v) is 5.05. The lowest BCUT2D eigenvalue weighted by molar-refractivity contribution is -0.116. The Morgan fingerprint density at radius 3 is 3.10 bits per heavy atom. The normalized spacial score (nSPS) is 19.2. The number of likely N-dealkylation sites (tertiary alicyclic amines) is 1. The van der Waals surface area contributed by atoms with Gasteiger partial charge in [-0.25, -0.2) is 4.39 Å². The summed E-state index contributed by atoms with van der Waals surface area (Å²) in [6.45, 7) is 1.58. The lowest BCUT2D eigenvalue weighted by Crippen LogP contribution is -2.34. The van der Waals surface area contributed by atoms with Crippen molar-refractivity contribution in [3.8, 4) is 0 Å². The summed E-state index contributed by atoms with van der Waals surface area (Å²) in [6, 6.07) is 4.22. The maximum atomic E-state index is 13.5. The number of nitrogens with zero attached hydrogens (tertiary/aromatic N) is 1. The molecule has 1 fully saturated rings. The molecule has 1 aliphatic heterocycles. The predicted molar refractivity (Wildman–Crippen MR) is 75.7 cm³/mol. The maximum absolute atomic E-state index is 13.5. The fraction of sp³-hybridized carbons (Fsp3) is 0.500. The molecule has 0 aliphatic carbocycles. The molecule has 1 heterocycles. The lowest BCUT2D eigenvalue weighted by atomic mass is 10.2. The molecule has 2 rings (SSSR count). The van der Waals surface area contributed by atoms with E-state index in [9.17, 15) is 14.3 Å². The number of carbonyl (C=O) groups is 1. The van der Waals surface area contributed by atoms with Crippen molar-refractivity contribution >= 4 is 17.3 Å². The van der Waals surface area contributed by atoms with Gasteiger partial charge in [0.25, 0.3) is 0 Å². The van der Waals surface area contributed by atoms with Gasteiger partial charge < -0.3 is 16.2 Å². The molecule has 0 aromatic heterocycles. The number of benzene rings is 1. The van der Waals surface area contributed by atoms with Gasteiger partial charge >= 0.3 is 0 Å². The molecule has 1 unspecified atom stereocenters. The minimum absolute atomic E-state index is 0.107. The van der Waals surface area contributed by atoms with Gasteiger partial charge in [-0.05, 0) is 37.6 Å². The summed E-state index contributed by atoms with van der Waals surface area (Å²) in [7, 11) is 0. The Balaban J connectivity index is 1.85. The zero-order valence-electron chi connectivity index (χ0n) is 11.3. The Labute approximate surface area is 117 Å². The average molecular weight is 281 g/mol. The number of aliphatic hydroxyl groups excluding tert-OH is 1. The molecule has 0 bridgehead atoms. The monoisotopic (exact) mass is 281 g/mol. The fourth-order valence-corrected chi connectivity index (χ4v) is 2.49. The van der Waals surface area contributed by atoms with E-state index in [4.69, 9.17) is 5.73 Å². The van der Waals surface area contributed by atoms with Gasteiger partial charge in [0.05, 0.1) is 12.3 Å². The number of nitrogen functional groups attached to an aromatic ring is 1. The Morgan fingerprint density at radius 1 is 1.55 bits per heavy atom. The second kappa shape index (κ2) is 6.67. The number of hydrogen-bond acceptors (Lipinski definition) is 4. The molecule has 0 spiro atoms. The van der Waals surface area contributed by atoms with Crippen molar-refractivity contribution in [3.63, 3.8) is 0 Å². The van der Waals surface area contributed by atoms with E-state index in [2.05, 4.69) is 10.2 Å². The zero-order chi connectivity index (χ0) is 14.5. The molecule has 1 atom stereocenters. The summed E-state index contributed by atoms with van der Waals surface area (Å²) >= 11 is 0. The zero-order valence-corrected chi connectivity index (χ0v) is 11.3. The molecule has 20 heavy (non-hydrogen) atoms. The molecular weight excluding hydrogens is 261 g/mol. The summed E-state index contributed by atoms with van der Waals surface area (Å²) in [6.07, 6.45) is 2.27. The van der Waals surface area contributed by atoms with Crippen molar-refractivity contribution in [3.05, 3.63) is 24.0 Å². The van der Waals surface area contributed by atoms with Crippen molar-refractivity contribution in [2.75, 3.05) is 30.7 Å². The van der Waals surface area contributed by atoms with Gasteiger partial charge in [0.2, 0.25) is 5.91 Å². The number of halogens is 1. The number of amides is 1. The first kappa shape index (κ1) is 14.7. The topological polar surface area (TPSA) is 78.6 Å². The van der Waals surface area contributed by atoms with Gasteiger partial charge in [-0.15, -0.1) is 0 Å². The largest absolute Gasteiger partial charge is 0.399 e. The number of anilines is 2. The summed E-state index contributed by atoms with van der Waals surface area (Å²) in [5.41, 5.74) is 6.07. The van der Waals surface area contributed by atoms with Crippen LogP contribution in [0.2, 0.25) is 0 Å². The maximum Gasteiger partial charge on any atom is 0.225 e. The van der Waals surface area contributed by atoms with Crippen LogP contribution in [0.4, 0.5) is 15.8 Å². The Morgan fingerprint density at radius 2 is 2.35 bits per heavy atom. The molecule has 1 amide bonds. The molecule has 1 saturated heterocycles. The van der Waals surface area contributed by atoms with Crippen LogP contribution in [0.1, 0.15) is 19.3 Å². The standard InChI is InChI=1S/C14H20FN3O2/c15-12-4-3-10(16)8-13(12)17-14(20)5-7-18-6-1-2-11(18)9-19/h3-4,8,11,19H,1-2,5-7,9,16H2,(H,17,20). The lowest BCUT2D eigenvalue weighted by Gasteiger charge is -2.22. The van der Waals surface area contributed by atoms with Crippen LogP contribution in [0.15, 0.2) is 18.2 Å². The number of nitrogens with one attached hydrogen (secondary N) is 1. The Hall–Kier alpha value is -1.66. The number of nitrogens with two attached hydrogens (primary N) is 1. The van der Waals surface area contributed by atoms with Gasteiger partial charge in [-0.1, -0.05) is 0 Å². The molecule has 5 nitrogen and oxygen atoms in total. The highest BCUT2D eigenvalue weighted by Gasteiger charge is 2.23. The van der Waals surface area contributed by atoms with E-state index in [1.165, 1.54) is 18.2 Å². The molecule has 1 aromatic carbocycles. The highest BCUT2D eigenvalue weighted by molar-refractivity contribution is 5.91. The van der Waals surface area contributed by atoms with E-state index in [1.807, 2.05) is 0 Å². The number of rotatable bonds is 5. The van der Waals surface area contributed by atoms with Crippen LogP contribution >= 0.6 is 0 Å². The van der Waals surface area contributed by atoms with Crippen molar-refractivity contribution in [2.24, 2.45) is 0 Å². The van der Waals surface area contributed by atoms with Crippen molar-refractivity contribution < 1.29 is 14.3 Å². The molecule has 6 heteroatoms. The van der Waals surface area contributed by atoms with E-state index >= 15 is 0 Å². The first-order valence-electron chi connectivity index (χ1n) is 6.80. The third kappa shape index (κ3) is 3.68. The first-order chi connectivity index (χ1) is 9.60. The van der Waals surface area contributed by atoms with Crippen LogP contribution in [-0.2, 0) is 4.79 Å². The van der Waals surface area contributed by atoms with Crippen molar-refractivity contribution in [1.82, 2.24) is 4.90 Å². The third-order valence-corrected chi connectivity index (χ3v) is 3.60. The van der Waals surface area contributed by atoms with E-state index in [1.54, 1.807) is 0 Å². The second-order valence-electron chi connectivity index (χ2n) is 5.05. The summed E-state index contributed by atoms with van der Waals surface area (Å²) in [4.78, 5) is 13.9.